The lowest BCUT2D eigenvalue weighted by Gasteiger charge is -2.10. The first-order chi connectivity index (χ1) is 30.7. The Kier molecular flexibility index (Phi) is 7.50. The van der Waals surface area contributed by atoms with Crippen LogP contribution >= 0.6 is 0 Å². The van der Waals surface area contributed by atoms with Gasteiger partial charge in [0.2, 0.25) is 0 Å². The van der Waals surface area contributed by atoms with Crippen LogP contribution in [0.25, 0.3) is 122 Å². The van der Waals surface area contributed by atoms with Gasteiger partial charge in [0.15, 0.2) is 17.5 Å². The predicted molar refractivity (Wildman–Crippen MR) is 253 cm³/mol. The van der Waals surface area contributed by atoms with Crippen molar-refractivity contribution in [2.45, 2.75) is 0 Å². The number of aromatic nitrogens is 6. The molecule has 0 saturated carbocycles. The lowest BCUT2D eigenvalue weighted by molar-refractivity contribution is 0.979. The second-order valence-corrected chi connectivity index (χ2v) is 15.9. The van der Waals surface area contributed by atoms with Crippen LogP contribution in [0.5, 0.6) is 0 Å². The van der Waals surface area contributed by atoms with Crippen LogP contribution in [-0.2, 0) is 0 Å². The Hall–Kier alpha value is -8.48. The largest absolute Gasteiger partial charge is 0.308 e. The van der Waals surface area contributed by atoms with Gasteiger partial charge in [-0.1, -0.05) is 176 Å². The summed E-state index contributed by atoms with van der Waals surface area (Å²) >= 11 is 0. The lowest BCUT2D eigenvalue weighted by atomic mass is 9.96. The Morgan fingerprint density at radius 3 is 1.40 bits per heavy atom. The van der Waals surface area contributed by atoms with Gasteiger partial charge < -0.3 is 4.40 Å². The van der Waals surface area contributed by atoms with E-state index in [2.05, 4.69) is 197 Å². The van der Waals surface area contributed by atoms with Gasteiger partial charge in [0.1, 0.15) is 5.69 Å². The standard InChI is InChI=1S/C56H34N6/c1-4-16-35(17-5-1)49-34-40-22-10-11-23-42(40)53-50(36-18-6-2-7-19-36)51(60-62(49)53)37-28-30-39(31-29-37)55-57-54(38-20-8-3-9-21-38)58-56(59-55)41-32-45-43-24-12-14-26-47(43)61-48-27-15-13-25-44(48)46(33-41)52(45)61/h1-34H. The molecule has 0 unspecified atom stereocenters. The first-order valence-electron chi connectivity index (χ1n) is 20.9. The highest BCUT2D eigenvalue weighted by Gasteiger charge is 2.23. The molecule has 0 bridgehead atoms. The first kappa shape index (κ1) is 34.4. The van der Waals surface area contributed by atoms with Crippen molar-refractivity contribution in [2.75, 3.05) is 0 Å². The zero-order valence-corrected chi connectivity index (χ0v) is 33.3. The van der Waals surface area contributed by atoms with E-state index in [1.54, 1.807) is 0 Å². The van der Waals surface area contributed by atoms with Crippen LogP contribution in [0.1, 0.15) is 0 Å². The third kappa shape index (κ3) is 5.23. The molecule has 62 heavy (non-hydrogen) atoms. The van der Waals surface area contributed by atoms with E-state index < -0.39 is 0 Å². The summed E-state index contributed by atoms with van der Waals surface area (Å²) in [6, 6.07) is 72.5. The summed E-state index contributed by atoms with van der Waals surface area (Å²) in [4.78, 5) is 15.5. The Balaban J connectivity index is 1.01. The van der Waals surface area contributed by atoms with Crippen molar-refractivity contribution in [1.29, 1.82) is 0 Å². The molecule has 0 amide bonds. The maximum atomic E-state index is 5.45. The van der Waals surface area contributed by atoms with Gasteiger partial charge in [0.25, 0.3) is 0 Å². The molecule has 0 atom stereocenters. The fourth-order valence-electron chi connectivity index (χ4n) is 9.49. The summed E-state index contributed by atoms with van der Waals surface area (Å²) in [6.07, 6.45) is 0. The van der Waals surface area contributed by atoms with Gasteiger partial charge in [-0.15, -0.1) is 0 Å². The molecular weight excluding hydrogens is 757 g/mol. The van der Waals surface area contributed by atoms with Crippen LogP contribution in [0, 0.1) is 0 Å². The number of para-hydroxylation sites is 2. The van der Waals surface area contributed by atoms with Crippen LogP contribution in [0.4, 0.5) is 0 Å². The summed E-state index contributed by atoms with van der Waals surface area (Å²) < 4.78 is 4.53. The Morgan fingerprint density at radius 1 is 0.323 bits per heavy atom. The monoisotopic (exact) mass is 790 g/mol. The van der Waals surface area contributed by atoms with Crippen LogP contribution in [0.2, 0.25) is 0 Å². The highest BCUT2D eigenvalue weighted by molar-refractivity contribution is 6.24. The van der Waals surface area contributed by atoms with Crippen molar-refractivity contribution in [1.82, 2.24) is 29.0 Å². The molecule has 0 aliphatic rings. The molecule has 13 rings (SSSR count). The zero-order valence-electron chi connectivity index (χ0n) is 33.3. The fourth-order valence-corrected chi connectivity index (χ4v) is 9.49. The number of pyridine rings is 1. The minimum Gasteiger partial charge on any atom is -0.308 e. The van der Waals surface area contributed by atoms with Crippen molar-refractivity contribution in [3.05, 3.63) is 206 Å². The molecule has 13 aromatic rings. The number of fused-ring (bicyclic) bond motifs is 9. The average molecular weight is 791 g/mol. The molecule has 5 aromatic heterocycles. The zero-order chi connectivity index (χ0) is 40.7. The average Bonchev–Trinajstić information content (AvgIpc) is 4.03. The maximum Gasteiger partial charge on any atom is 0.164 e. The molecule has 0 radical (unpaired) electrons. The normalized spacial score (nSPS) is 11.9. The molecule has 288 valence electrons. The molecule has 0 aliphatic heterocycles. The van der Waals surface area contributed by atoms with Crippen molar-refractivity contribution in [3.63, 3.8) is 0 Å². The maximum absolute atomic E-state index is 5.45. The first-order valence-corrected chi connectivity index (χ1v) is 20.9. The van der Waals surface area contributed by atoms with Gasteiger partial charge in [0, 0.05) is 60.3 Å². The third-order valence-corrected chi connectivity index (χ3v) is 12.3. The van der Waals surface area contributed by atoms with E-state index in [-0.39, 0.29) is 0 Å². The van der Waals surface area contributed by atoms with E-state index in [9.17, 15) is 0 Å². The lowest BCUT2D eigenvalue weighted by Crippen LogP contribution is -2.00. The van der Waals surface area contributed by atoms with E-state index in [4.69, 9.17) is 20.1 Å². The second kappa shape index (κ2) is 13.5. The molecule has 0 N–H and O–H groups in total. The number of benzene rings is 8. The summed E-state index contributed by atoms with van der Waals surface area (Å²) in [7, 11) is 0. The summed E-state index contributed by atoms with van der Waals surface area (Å²) in [5.41, 5.74) is 13.7. The van der Waals surface area contributed by atoms with Crippen LogP contribution < -0.4 is 0 Å². The molecule has 6 nitrogen and oxygen atoms in total. The van der Waals surface area contributed by atoms with Crippen LogP contribution in [0.3, 0.4) is 0 Å². The Morgan fingerprint density at radius 2 is 0.790 bits per heavy atom. The van der Waals surface area contributed by atoms with Crippen LogP contribution in [-0.4, -0.2) is 29.0 Å². The smallest absolute Gasteiger partial charge is 0.164 e. The summed E-state index contributed by atoms with van der Waals surface area (Å²) in [5.74, 6) is 1.86. The van der Waals surface area contributed by atoms with E-state index in [1.807, 2.05) is 18.2 Å². The molecule has 8 aromatic carbocycles. The third-order valence-electron chi connectivity index (χ3n) is 12.3. The summed E-state index contributed by atoms with van der Waals surface area (Å²) in [5, 5.41) is 12.5. The highest BCUT2D eigenvalue weighted by Crippen LogP contribution is 2.43. The molecular formula is C56H34N6. The number of rotatable bonds is 6. The quantitative estimate of drug-likeness (QED) is 0.168. The van der Waals surface area contributed by atoms with E-state index in [1.165, 1.54) is 43.5 Å². The number of hydrogen-bond donors (Lipinski definition) is 0. The SMILES string of the molecule is c1ccc(-c2nc(-c3ccc(-c4nn5c(-c6ccccc6)cc6ccccc6c5c4-c4ccccc4)cc3)nc(-c3cc4c5ccccc5n5c6ccccc6c(c3)c45)n2)cc1. The second-order valence-electron chi connectivity index (χ2n) is 15.9. The molecule has 0 spiro atoms. The predicted octanol–water partition coefficient (Wildman–Crippen LogP) is 13.8. The molecule has 5 heterocycles. The van der Waals surface area contributed by atoms with Gasteiger partial charge in [-0.25, -0.2) is 19.5 Å². The molecule has 0 saturated heterocycles. The molecule has 0 fully saturated rings. The van der Waals surface area contributed by atoms with Gasteiger partial charge in [0.05, 0.1) is 27.8 Å². The Bertz CT molecular complexity index is 3750. The minimum atomic E-state index is 0.607. The van der Waals surface area contributed by atoms with Gasteiger partial charge in [-0.05, 0) is 41.3 Å². The van der Waals surface area contributed by atoms with E-state index in [0.717, 1.165) is 61.2 Å². The van der Waals surface area contributed by atoms with Crippen molar-refractivity contribution in [2.24, 2.45) is 0 Å². The topological polar surface area (TPSA) is 60.4 Å². The van der Waals surface area contributed by atoms with E-state index in [0.29, 0.717) is 17.5 Å². The Labute approximate surface area is 356 Å². The van der Waals surface area contributed by atoms with Crippen molar-refractivity contribution >= 4 is 54.4 Å². The van der Waals surface area contributed by atoms with Crippen molar-refractivity contribution in [3.8, 4) is 67.8 Å². The van der Waals surface area contributed by atoms with Gasteiger partial charge in [-0.2, -0.15) is 5.10 Å². The van der Waals surface area contributed by atoms with Crippen LogP contribution in [0.15, 0.2) is 206 Å². The van der Waals surface area contributed by atoms with Gasteiger partial charge >= 0.3 is 0 Å². The fraction of sp³-hybridized carbons (Fsp3) is 0. The number of hydrogen-bond acceptors (Lipinski definition) is 4. The van der Waals surface area contributed by atoms with E-state index >= 15 is 0 Å². The summed E-state index contributed by atoms with van der Waals surface area (Å²) in [6.45, 7) is 0. The highest BCUT2D eigenvalue weighted by atomic mass is 15.2. The molecule has 6 heteroatoms. The minimum absolute atomic E-state index is 0.607. The molecule has 0 aliphatic carbocycles. The number of nitrogens with zero attached hydrogens (tertiary/aromatic N) is 6. The van der Waals surface area contributed by atoms with Crippen molar-refractivity contribution < 1.29 is 0 Å². The van der Waals surface area contributed by atoms with Gasteiger partial charge in [-0.3, -0.25) is 0 Å².